The fourth-order valence-electron chi connectivity index (χ4n) is 2.56. The van der Waals surface area contributed by atoms with Gasteiger partial charge < -0.3 is 9.47 Å². The molecule has 2 unspecified atom stereocenters. The highest BCUT2D eigenvalue weighted by atomic mass is 16.5. The summed E-state index contributed by atoms with van der Waals surface area (Å²) in [6, 6.07) is 7.91. The van der Waals surface area contributed by atoms with E-state index in [1.54, 1.807) is 0 Å². The number of hydrogen-bond donors (Lipinski definition) is 1. The van der Waals surface area contributed by atoms with Crippen molar-refractivity contribution in [3.05, 3.63) is 29.8 Å². The fraction of sp³-hybridized carbons (Fsp3) is 0.562. The van der Waals surface area contributed by atoms with Crippen LogP contribution in [-0.2, 0) is 9.53 Å². The highest BCUT2D eigenvalue weighted by Crippen LogP contribution is 2.32. The van der Waals surface area contributed by atoms with E-state index in [1.807, 2.05) is 25.1 Å². The van der Waals surface area contributed by atoms with Crippen LogP contribution in [0.4, 0.5) is 0 Å². The van der Waals surface area contributed by atoms with E-state index in [4.69, 9.17) is 9.47 Å². The highest BCUT2D eigenvalue weighted by molar-refractivity contribution is 5.75. The molecule has 4 heteroatoms. The second kappa shape index (κ2) is 7.29. The molecule has 0 aromatic heterocycles. The lowest BCUT2D eigenvalue weighted by molar-refractivity contribution is -0.146. The quantitative estimate of drug-likeness (QED) is 0.812. The Bertz CT molecular complexity index is 447. The van der Waals surface area contributed by atoms with Crippen molar-refractivity contribution in [2.75, 3.05) is 13.2 Å². The summed E-state index contributed by atoms with van der Waals surface area (Å²) in [5, 5.41) is 3.44. The number of esters is 1. The molecule has 1 heterocycles. The lowest BCUT2D eigenvalue weighted by Gasteiger charge is -2.29. The molecule has 0 fully saturated rings. The van der Waals surface area contributed by atoms with Crippen molar-refractivity contribution in [1.29, 1.82) is 0 Å². The Labute approximate surface area is 120 Å². The maximum Gasteiger partial charge on any atom is 0.323 e. The number of carbonyl (C=O) groups excluding carboxylic acids is 1. The second-order valence-corrected chi connectivity index (χ2v) is 4.99. The van der Waals surface area contributed by atoms with Crippen molar-refractivity contribution >= 4 is 5.97 Å². The zero-order valence-corrected chi connectivity index (χ0v) is 12.2. The van der Waals surface area contributed by atoms with Crippen molar-refractivity contribution in [2.45, 2.75) is 45.2 Å². The first-order chi connectivity index (χ1) is 9.76. The number of nitrogens with one attached hydrogen (secondary N) is 1. The molecule has 1 aliphatic rings. The summed E-state index contributed by atoms with van der Waals surface area (Å²) >= 11 is 0. The van der Waals surface area contributed by atoms with Gasteiger partial charge in [0, 0.05) is 18.0 Å². The summed E-state index contributed by atoms with van der Waals surface area (Å²) in [6.07, 6.45) is 2.61. The van der Waals surface area contributed by atoms with Gasteiger partial charge >= 0.3 is 5.97 Å². The average molecular weight is 277 g/mol. The zero-order chi connectivity index (χ0) is 14.4. The first-order valence-corrected chi connectivity index (χ1v) is 7.40. The summed E-state index contributed by atoms with van der Waals surface area (Å²) in [5.41, 5.74) is 1.13. The summed E-state index contributed by atoms with van der Waals surface area (Å²) in [6.45, 7) is 5.01. The molecule has 4 nitrogen and oxygen atoms in total. The first kappa shape index (κ1) is 14.9. The molecule has 0 bridgehead atoms. The van der Waals surface area contributed by atoms with Gasteiger partial charge in [0.1, 0.15) is 11.8 Å². The van der Waals surface area contributed by atoms with Gasteiger partial charge in [-0.25, -0.2) is 0 Å². The molecule has 20 heavy (non-hydrogen) atoms. The fourth-order valence-corrected chi connectivity index (χ4v) is 2.56. The molecule has 1 aromatic carbocycles. The molecule has 0 saturated heterocycles. The van der Waals surface area contributed by atoms with Crippen LogP contribution in [0.3, 0.4) is 0 Å². The predicted molar refractivity (Wildman–Crippen MR) is 77.8 cm³/mol. The molecule has 2 atom stereocenters. The Morgan fingerprint density at radius 1 is 1.45 bits per heavy atom. The maximum absolute atomic E-state index is 12.0. The summed E-state index contributed by atoms with van der Waals surface area (Å²) < 4.78 is 10.8. The van der Waals surface area contributed by atoms with Crippen molar-refractivity contribution in [2.24, 2.45) is 0 Å². The largest absolute Gasteiger partial charge is 0.493 e. The van der Waals surface area contributed by atoms with Crippen LogP contribution in [0, 0.1) is 0 Å². The molecule has 110 valence electrons. The van der Waals surface area contributed by atoms with E-state index < -0.39 is 0 Å². The number of hydrogen-bond acceptors (Lipinski definition) is 4. The molecule has 0 amide bonds. The maximum atomic E-state index is 12.0. The van der Waals surface area contributed by atoms with Crippen molar-refractivity contribution in [3.63, 3.8) is 0 Å². The van der Waals surface area contributed by atoms with E-state index in [0.29, 0.717) is 13.2 Å². The van der Waals surface area contributed by atoms with Crippen LogP contribution in [-0.4, -0.2) is 25.2 Å². The SMILES string of the molecule is CCCC(NC1CCOc2ccccc21)C(=O)OCC. The van der Waals surface area contributed by atoms with Crippen LogP contribution >= 0.6 is 0 Å². The molecule has 2 rings (SSSR count). The number of rotatable bonds is 6. The summed E-state index contributed by atoms with van der Waals surface area (Å²) in [5.74, 6) is 0.758. The molecule has 0 aliphatic carbocycles. The first-order valence-electron chi connectivity index (χ1n) is 7.40. The van der Waals surface area contributed by atoms with E-state index in [-0.39, 0.29) is 18.1 Å². The van der Waals surface area contributed by atoms with Crippen LogP contribution in [0.2, 0.25) is 0 Å². The Morgan fingerprint density at radius 3 is 3.00 bits per heavy atom. The summed E-state index contributed by atoms with van der Waals surface area (Å²) in [7, 11) is 0. The number of ether oxygens (including phenoxy) is 2. The van der Waals surface area contributed by atoms with Gasteiger partial charge in [0.15, 0.2) is 0 Å². The minimum Gasteiger partial charge on any atom is -0.493 e. The Balaban J connectivity index is 2.09. The molecule has 1 N–H and O–H groups in total. The molecule has 0 saturated carbocycles. The van der Waals surface area contributed by atoms with Crippen LogP contribution in [0.1, 0.15) is 44.7 Å². The minimum atomic E-state index is -0.240. The zero-order valence-electron chi connectivity index (χ0n) is 12.2. The van der Waals surface area contributed by atoms with Gasteiger partial charge in [0.05, 0.1) is 13.2 Å². The second-order valence-electron chi connectivity index (χ2n) is 4.99. The van der Waals surface area contributed by atoms with Crippen molar-refractivity contribution in [3.8, 4) is 5.75 Å². The Kier molecular flexibility index (Phi) is 5.41. The van der Waals surface area contributed by atoms with Gasteiger partial charge in [0.2, 0.25) is 0 Å². The predicted octanol–water partition coefficient (Wildman–Crippen LogP) is 2.83. The van der Waals surface area contributed by atoms with E-state index in [0.717, 1.165) is 30.6 Å². The van der Waals surface area contributed by atoms with E-state index in [9.17, 15) is 4.79 Å². The molecule has 1 aliphatic heterocycles. The number of carbonyl (C=O) groups is 1. The van der Waals surface area contributed by atoms with E-state index >= 15 is 0 Å². The molecule has 1 aromatic rings. The third-order valence-electron chi connectivity index (χ3n) is 3.51. The van der Waals surface area contributed by atoms with Gasteiger partial charge in [0.25, 0.3) is 0 Å². The number of benzene rings is 1. The van der Waals surface area contributed by atoms with Gasteiger partial charge in [-0.2, -0.15) is 0 Å². The van der Waals surface area contributed by atoms with Gasteiger partial charge in [-0.15, -0.1) is 0 Å². The topological polar surface area (TPSA) is 47.6 Å². The lowest BCUT2D eigenvalue weighted by Crippen LogP contribution is -2.41. The number of para-hydroxylation sites is 1. The minimum absolute atomic E-state index is 0.154. The smallest absolute Gasteiger partial charge is 0.323 e. The van der Waals surface area contributed by atoms with Gasteiger partial charge in [-0.3, -0.25) is 10.1 Å². The Hall–Kier alpha value is -1.55. The van der Waals surface area contributed by atoms with E-state index in [1.165, 1.54) is 0 Å². The highest BCUT2D eigenvalue weighted by Gasteiger charge is 2.27. The van der Waals surface area contributed by atoms with Crippen LogP contribution in [0.25, 0.3) is 0 Å². The molecule has 0 radical (unpaired) electrons. The van der Waals surface area contributed by atoms with Crippen molar-refractivity contribution in [1.82, 2.24) is 5.32 Å². The normalized spacial score (nSPS) is 18.8. The summed E-state index contributed by atoms with van der Waals surface area (Å²) in [4.78, 5) is 12.0. The van der Waals surface area contributed by atoms with Gasteiger partial charge in [-0.1, -0.05) is 31.5 Å². The van der Waals surface area contributed by atoms with Gasteiger partial charge in [-0.05, 0) is 19.4 Å². The van der Waals surface area contributed by atoms with Crippen LogP contribution < -0.4 is 10.1 Å². The monoisotopic (exact) mass is 277 g/mol. The molecule has 0 spiro atoms. The van der Waals surface area contributed by atoms with Crippen LogP contribution in [0.15, 0.2) is 24.3 Å². The average Bonchev–Trinajstić information content (AvgIpc) is 2.47. The molecular weight excluding hydrogens is 254 g/mol. The standard InChI is InChI=1S/C16H23NO3/c1-3-7-14(16(18)19-4-2)17-13-10-11-20-15-9-6-5-8-12(13)15/h5-6,8-9,13-14,17H,3-4,7,10-11H2,1-2H3. The third kappa shape index (κ3) is 3.51. The van der Waals surface area contributed by atoms with Crippen molar-refractivity contribution < 1.29 is 14.3 Å². The van der Waals surface area contributed by atoms with E-state index in [2.05, 4.69) is 18.3 Å². The molecular formula is C16H23NO3. The number of fused-ring (bicyclic) bond motifs is 1. The third-order valence-corrected chi connectivity index (χ3v) is 3.51. The van der Waals surface area contributed by atoms with Crippen LogP contribution in [0.5, 0.6) is 5.75 Å². The Morgan fingerprint density at radius 2 is 2.25 bits per heavy atom. The lowest BCUT2D eigenvalue weighted by atomic mass is 9.99.